The van der Waals surface area contributed by atoms with Crippen LogP contribution in [-0.2, 0) is 11.3 Å². The van der Waals surface area contributed by atoms with E-state index in [2.05, 4.69) is 10.2 Å². The van der Waals surface area contributed by atoms with E-state index in [1.165, 1.54) is 6.07 Å². The van der Waals surface area contributed by atoms with Crippen molar-refractivity contribution in [3.8, 4) is 5.75 Å². The molecule has 0 saturated carbocycles. The van der Waals surface area contributed by atoms with Crippen LogP contribution in [0.4, 0.5) is 10.1 Å². The SMILES string of the molecule is COc1ccccc1NCC(=O)N1CCN(Cc2ccccc2F)CC1. The number of ether oxygens (including phenoxy) is 1. The van der Waals surface area contributed by atoms with Gasteiger partial charge in [0.25, 0.3) is 0 Å². The van der Waals surface area contributed by atoms with E-state index >= 15 is 0 Å². The Balaban J connectivity index is 1.47. The van der Waals surface area contributed by atoms with Gasteiger partial charge >= 0.3 is 0 Å². The number of carbonyl (C=O) groups is 1. The van der Waals surface area contributed by atoms with Crippen LogP contribution >= 0.6 is 0 Å². The summed E-state index contributed by atoms with van der Waals surface area (Å²) in [6, 6.07) is 14.4. The topological polar surface area (TPSA) is 44.8 Å². The fraction of sp³-hybridized carbons (Fsp3) is 0.350. The summed E-state index contributed by atoms with van der Waals surface area (Å²) in [4.78, 5) is 16.5. The fourth-order valence-electron chi connectivity index (χ4n) is 3.10. The number of benzene rings is 2. The van der Waals surface area contributed by atoms with Gasteiger partial charge < -0.3 is 15.0 Å². The summed E-state index contributed by atoms with van der Waals surface area (Å²) in [5.41, 5.74) is 1.51. The highest BCUT2D eigenvalue weighted by molar-refractivity contribution is 5.81. The number of carbonyl (C=O) groups excluding carboxylic acids is 1. The summed E-state index contributed by atoms with van der Waals surface area (Å²) in [6.45, 7) is 3.60. The molecule has 1 fully saturated rings. The van der Waals surface area contributed by atoms with E-state index < -0.39 is 0 Å². The number of anilines is 1. The Morgan fingerprint density at radius 2 is 1.77 bits per heavy atom. The van der Waals surface area contributed by atoms with E-state index in [0.717, 1.165) is 24.5 Å². The number of amides is 1. The molecule has 2 aromatic rings. The molecule has 26 heavy (non-hydrogen) atoms. The van der Waals surface area contributed by atoms with Gasteiger partial charge in [0.05, 0.1) is 19.3 Å². The van der Waals surface area contributed by atoms with Crippen molar-refractivity contribution in [1.29, 1.82) is 0 Å². The summed E-state index contributed by atoms with van der Waals surface area (Å²) in [5, 5.41) is 3.14. The lowest BCUT2D eigenvalue weighted by Crippen LogP contribution is -2.49. The Hall–Kier alpha value is -2.60. The second-order valence-corrected chi connectivity index (χ2v) is 6.30. The summed E-state index contributed by atoms with van der Waals surface area (Å²) >= 11 is 0. The van der Waals surface area contributed by atoms with E-state index in [1.807, 2.05) is 41.3 Å². The Morgan fingerprint density at radius 3 is 2.50 bits per heavy atom. The van der Waals surface area contributed by atoms with Crippen molar-refractivity contribution in [1.82, 2.24) is 9.80 Å². The van der Waals surface area contributed by atoms with E-state index in [1.54, 1.807) is 13.2 Å². The molecule has 1 amide bonds. The minimum absolute atomic E-state index is 0.0569. The zero-order valence-electron chi connectivity index (χ0n) is 15.0. The highest BCUT2D eigenvalue weighted by Crippen LogP contribution is 2.22. The standard InChI is InChI=1S/C20H24FN3O2/c1-26-19-9-5-4-8-18(19)22-14-20(25)24-12-10-23(11-13-24)15-16-6-2-3-7-17(16)21/h2-9,22H,10-15H2,1H3. The average Bonchev–Trinajstić information content (AvgIpc) is 2.68. The molecule has 138 valence electrons. The molecular weight excluding hydrogens is 333 g/mol. The molecular formula is C20H24FN3O2. The van der Waals surface area contributed by atoms with Crippen LogP contribution in [0.3, 0.4) is 0 Å². The van der Waals surface area contributed by atoms with Crippen molar-refractivity contribution < 1.29 is 13.9 Å². The number of nitrogens with one attached hydrogen (secondary N) is 1. The number of rotatable bonds is 6. The van der Waals surface area contributed by atoms with Crippen molar-refractivity contribution in [2.75, 3.05) is 45.2 Å². The molecule has 0 aliphatic carbocycles. The van der Waals surface area contributed by atoms with Gasteiger partial charge in [-0.25, -0.2) is 4.39 Å². The first-order valence-electron chi connectivity index (χ1n) is 8.78. The smallest absolute Gasteiger partial charge is 0.241 e. The highest BCUT2D eigenvalue weighted by Gasteiger charge is 2.21. The van der Waals surface area contributed by atoms with Crippen molar-refractivity contribution in [3.63, 3.8) is 0 Å². The Labute approximate surface area is 153 Å². The molecule has 3 rings (SSSR count). The normalized spacial score (nSPS) is 14.9. The van der Waals surface area contributed by atoms with E-state index in [4.69, 9.17) is 4.74 Å². The maximum atomic E-state index is 13.8. The van der Waals surface area contributed by atoms with Gasteiger partial charge in [-0.1, -0.05) is 30.3 Å². The van der Waals surface area contributed by atoms with Crippen molar-refractivity contribution in [2.24, 2.45) is 0 Å². The third kappa shape index (κ3) is 4.52. The third-order valence-electron chi connectivity index (χ3n) is 4.61. The molecule has 1 N–H and O–H groups in total. The maximum absolute atomic E-state index is 13.8. The largest absolute Gasteiger partial charge is 0.495 e. The van der Waals surface area contributed by atoms with E-state index in [0.29, 0.717) is 25.2 Å². The van der Waals surface area contributed by atoms with Crippen molar-refractivity contribution in [3.05, 3.63) is 59.9 Å². The van der Waals surface area contributed by atoms with Crippen LogP contribution in [0.2, 0.25) is 0 Å². The van der Waals surface area contributed by atoms with Crippen LogP contribution in [0.25, 0.3) is 0 Å². The monoisotopic (exact) mass is 357 g/mol. The average molecular weight is 357 g/mol. The van der Waals surface area contributed by atoms with Gasteiger partial charge in [0.1, 0.15) is 11.6 Å². The molecule has 0 spiro atoms. The number of hydrogen-bond donors (Lipinski definition) is 1. The summed E-state index contributed by atoms with van der Waals surface area (Å²) in [7, 11) is 1.61. The first-order chi connectivity index (χ1) is 12.7. The second-order valence-electron chi connectivity index (χ2n) is 6.30. The van der Waals surface area contributed by atoms with Gasteiger partial charge in [0.15, 0.2) is 0 Å². The quantitative estimate of drug-likeness (QED) is 0.863. The van der Waals surface area contributed by atoms with Crippen LogP contribution < -0.4 is 10.1 Å². The summed E-state index contributed by atoms with van der Waals surface area (Å²) in [6.07, 6.45) is 0. The van der Waals surface area contributed by atoms with Gasteiger partial charge in [-0.3, -0.25) is 9.69 Å². The number of nitrogens with zero attached hydrogens (tertiary/aromatic N) is 2. The molecule has 0 radical (unpaired) electrons. The van der Waals surface area contributed by atoms with E-state index in [-0.39, 0.29) is 18.3 Å². The predicted molar refractivity (Wildman–Crippen MR) is 99.7 cm³/mol. The lowest BCUT2D eigenvalue weighted by molar-refractivity contribution is -0.131. The second kappa shape index (κ2) is 8.67. The van der Waals surface area contributed by atoms with Crippen LogP contribution in [0.15, 0.2) is 48.5 Å². The minimum Gasteiger partial charge on any atom is -0.495 e. The predicted octanol–water partition coefficient (Wildman–Crippen LogP) is 2.59. The fourth-order valence-corrected chi connectivity index (χ4v) is 3.10. The highest BCUT2D eigenvalue weighted by atomic mass is 19.1. The minimum atomic E-state index is -0.174. The molecule has 2 aromatic carbocycles. The molecule has 5 nitrogen and oxygen atoms in total. The molecule has 0 aromatic heterocycles. The molecule has 0 unspecified atom stereocenters. The van der Waals surface area contributed by atoms with Crippen LogP contribution in [-0.4, -0.2) is 55.5 Å². The van der Waals surface area contributed by atoms with Gasteiger partial charge in [-0.15, -0.1) is 0 Å². The maximum Gasteiger partial charge on any atom is 0.241 e. The zero-order valence-corrected chi connectivity index (χ0v) is 15.0. The lowest BCUT2D eigenvalue weighted by Gasteiger charge is -2.35. The molecule has 0 bridgehead atoms. The Kier molecular flexibility index (Phi) is 6.07. The number of halogens is 1. The molecule has 1 aliphatic heterocycles. The first-order valence-corrected chi connectivity index (χ1v) is 8.78. The van der Waals surface area contributed by atoms with Gasteiger partial charge in [0.2, 0.25) is 5.91 Å². The molecule has 6 heteroatoms. The number of methoxy groups -OCH3 is 1. The molecule has 1 saturated heterocycles. The van der Waals surface area contributed by atoms with Crippen LogP contribution in [0, 0.1) is 5.82 Å². The van der Waals surface area contributed by atoms with Gasteiger partial charge in [-0.05, 0) is 18.2 Å². The summed E-state index contributed by atoms with van der Waals surface area (Å²) in [5.74, 6) is 0.600. The van der Waals surface area contributed by atoms with Crippen LogP contribution in [0.5, 0.6) is 5.75 Å². The molecule has 0 atom stereocenters. The lowest BCUT2D eigenvalue weighted by atomic mass is 10.2. The zero-order chi connectivity index (χ0) is 18.4. The van der Waals surface area contributed by atoms with Gasteiger partial charge in [-0.2, -0.15) is 0 Å². The summed E-state index contributed by atoms with van der Waals surface area (Å²) < 4.78 is 19.0. The van der Waals surface area contributed by atoms with Crippen molar-refractivity contribution >= 4 is 11.6 Å². The number of piperazine rings is 1. The van der Waals surface area contributed by atoms with E-state index in [9.17, 15) is 9.18 Å². The Morgan fingerprint density at radius 1 is 1.08 bits per heavy atom. The van der Waals surface area contributed by atoms with Crippen LogP contribution in [0.1, 0.15) is 5.56 Å². The number of para-hydroxylation sites is 2. The number of hydrogen-bond acceptors (Lipinski definition) is 4. The first kappa shape index (κ1) is 18.2. The third-order valence-corrected chi connectivity index (χ3v) is 4.61. The molecule has 1 heterocycles. The van der Waals surface area contributed by atoms with Crippen molar-refractivity contribution in [2.45, 2.75) is 6.54 Å². The molecule has 1 aliphatic rings. The van der Waals surface area contributed by atoms with Gasteiger partial charge in [0, 0.05) is 38.3 Å². The Bertz CT molecular complexity index is 745.